The lowest BCUT2D eigenvalue weighted by atomic mass is 10.0. The third-order valence-corrected chi connectivity index (χ3v) is 7.31. The first kappa shape index (κ1) is 34.4. The summed E-state index contributed by atoms with van der Waals surface area (Å²) in [6, 6.07) is 13.2. The number of amides is 1. The van der Waals surface area contributed by atoms with Gasteiger partial charge in [0, 0.05) is 24.4 Å². The fraction of sp³-hybridized carbons (Fsp3) is 0.424. The van der Waals surface area contributed by atoms with Crippen molar-refractivity contribution in [3.05, 3.63) is 88.3 Å². The number of rotatable bonds is 9. The molecular weight excluding hydrogens is 559 g/mol. The number of benzene rings is 2. The molecule has 0 atom stereocenters. The zero-order valence-corrected chi connectivity index (χ0v) is 26.3. The lowest BCUT2D eigenvalue weighted by Gasteiger charge is -2.22. The van der Waals surface area contributed by atoms with E-state index < -0.39 is 0 Å². The van der Waals surface area contributed by atoms with Crippen LogP contribution >= 0.6 is 23.2 Å². The van der Waals surface area contributed by atoms with Crippen LogP contribution in [0.25, 0.3) is 11.1 Å². The predicted molar refractivity (Wildman–Crippen MR) is 171 cm³/mol. The molecule has 1 amide bonds. The SMILES string of the molecule is C=C(OCCN1CCCC1)/C(Cl)=C\C(=C/C)N1CCOc2cc(-c3ccc(Cl)cc3)ccc2C1=O.CCCC.CO. The minimum Gasteiger partial charge on any atom is -0.491 e. The Labute approximate surface area is 255 Å². The first-order chi connectivity index (χ1) is 19.9. The molecule has 0 saturated carbocycles. The Morgan fingerprint density at radius 2 is 1.68 bits per heavy atom. The number of aliphatic hydroxyl groups is 1. The van der Waals surface area contributed by atoms with Gasteiger partial charge in [0.15, 0.2) is 0 Å². The molecular formula is C33H44Cl2N2O4. The molecule has 2 aromatic rings. The lowest BCUT2D eigenvalue weighted by molar-refractivity contribution is 0.0812. The molecule has 1 N–H and O–H groups in total. The maximum atomic E-state index is 13.5. The van der Waals surface area contributed by atoms with Crippen molar-refractivity contribution >= 4 is 29.1 Å². The van der Waals surface area contributed by atoms with Gasteiger partial charge in [0.05, 0.1) is 17.1 Å². The van der Waals surface area contributed by atoms with E-state index in [1.807, 2.05) is 49.4 Å². The Morgan fingerprint density at radius 3 is 2.29 bits per heavy atom. The number of likely N-dealkylation sites (tertiary alicyclic amines) is 1. The average Bonchev–Trinajstić information content (AvgIpc) is 3.47. The summed E-state index contributed by atoms with van der Waals surface area (Å²) in [4.78, 5) is 17.5. The minimum absolute atomic E-state index is 0.144. The summed E-state index contributed by atoms with van der Waals surface area (Å²) in [5.41, 5.74) is 3.13. The molecule has 2 aliphatic rings. The number of ether oxygens (including phenoxy) is 2. The minimum atomic E-state index is -0.144. The maximum Gasteiger partial charge on any atom is 0.262 e. The summed E-state index contributed by atoms with van der Waals surface area (Å²) in [5.74, 6) is 0.816. The summed E-state index contributed by atoms with van der Waals surface area (Å²) in [6.45, 7) is 14.6. The van der Waals surface area contributed by atoms with Crippen LogP contribution in [0.1, 0.15) is 56.8 Å². The van der Waals surface area contributed by atoms with E-state index in [0.29, 0.717) is 52.6 Å². The normalized spacial score (nSPS) is 15.5. The fourth-order valence-electron chi connectivity index (χ4n) is 4.28. The van der Waals surface area contributed by atoms with Crippen LogP contribution in [0, 0.1) is 0 Å². The molecule has 0 unspecified atom stereocenters. The van der Waals surface area contributed by atoms with Gasteiger partial charge in [-0.25, -0.2) is 0 Å². The van der Waals surface area contributed by atoms with Crippen LogP contribution in [0.3, 0.4) is 0 Å². The second kappa shape index (κ2) is 18.6. The molecule has 6 nitrogen and oxygen atoms in total. The van der Waals surface area contributed by atoms with Crippen LogP contribution in [0.4, 0.5) is 0 Å². The highest BCUT2D eigenvalue weighted by Crippen LogP contribution is 2.32. The van der Waals surface area contributed by atoms with Crippen molar-refractivity contribution in [3.63, 3.8) is 0 Å². The fourth-order valence-corrected chi connectivity index (χ4v) is 4.57. The lowest BCUT2D eigenvalue weighted by Crippen LogP contribution is -2.31. The van der Waals surface area contributed by atoms with Gasteiger partial charge in [-0.1, -0.05) is 80.7 Å². The quantitative estimate of drug-likeness (QED) is 0.233. The molecule has 1 fully saturated rings. The second-order valence-electron chi connectivity index (χ2n) is 9.55. The monoisotopic (exact) mass is 602 g/mol. The molecule has 2 heterocycles. The van der Waals surface area contributed by atoms with Gasteiger partial charge < -0.3 is 19.5 Å². The molecule has 0 radical (unpaired) electrons. The number of aliphatic hydroxyl groups excluding tert-OH is 1. The highest BCUT2D eigenvalue weighted by Gasteiger charge is 2.26. The van der Waals surface area contributed by atoms with E-state index in [9.17, 15) is 4.79 Å². The standard InChI is InChI=1S/C28H30Cl2N2O3.C4H10.CH4O/c1-3-24(19-26(30)20(2)34-16-14-31-12-4-5-13-31)32-15-17-35-27-18-22(8-11-25(27)28(32)33)21-6-9-23(29)10-7-21;1-3-4-2;1-2/h3,6-11,18-19H,2,4-5,12-17H2,1H3;3-4H2,1-2H3;2H,1H3/b24-3+,26-19+;;. The van der Waals surface area contributed by atoms with E-state index in [1.54, 1.807) is 17.0 Å². The van der Waals surface area contributed by atoms with E-state index in [0.717, 1.165) is 37.9 Å². The molecule has 0 aromatic heterocycles. The maximum absolute atomic E-state index is 13.5. The first-order valence-corrected chi connectivity index (χ1v) is 15.0. The van der Waals surface area contributed by atoms with Gasteiger partial charge in [-0.15, -0.1) is 0 Å². The van der Waals surface area contributed by atoms with Crippen molar-refractivity contribution in [2.75, 3.05) is 46.5 Å². The molecule has 0 spiro atoms. The summed E-state index contributed by atoms with van der Waals surface area (Å²) >= 11 is 12.5. The van der Waals surface area contributed by atoms with E-state index in [1.165, 1.54) is 25.7 Å². The van der Waals surface area contributed by atoms with Crippen molar-refractivity contribution in [1.82, 2.24) is 9.80 Å². The molecule has 2 aliphatic heterocycles. The third kappa shape index (κ3) is 10.5. The van der Waals surface area contributed by atoms with Crippen molar-refractivity contribution < 1.29 is 19.4 Å². The van der Waals surface area contributed by atoms with E-state index in [2.05, 4.69) is 25.3 Å². The smallest absolute Gasteiger partial charge is 0.262 e. The van der Waals surface area contributed by atoms with Crippen molar-refractivity contribution in [1.29, 1.82) is 0 Å². The topological polar surface area (TPSA) is 62.2 Å². The van der Waals surface area contributed by atoms with Crippen LogP contribution in [0.2, 0.25) is 5.02 Å². The number of carbonyl (C=O) groups excluding carboxylic acids is 1. The highest BCUT2D eigenvalue weighted by atomic mass is 35.5. The first-order valence-electron chi connectivity index (χ1n) is 14.2. The molecule has 0 bridgehead atoms. The molecule has 224 valence electrons. The molecule has 0 aliphatic carbocycles. The largest absolute Gasteiger partial charge is 0.491 e. The van der Waals surface area contributed by atoms with Gasteiger partial charge in [0.2, 0.25) is 0 Å². The Hall–Kier alpha value is -2.77. The number of hydrogen-bond donors (Lipinski definition) is 1. The van der Waals surface area contributed by atoms with Crippen LogP contribution in [-0.4, -0.2) is 67.3 Å². The number of allylic oxidation sites excluding steroid dienone is 3. The summed E-state index contributed by atoms with van der Waals surface area (Å²) in [5, 5.41) is 8.05. The average molecular weight is 604 g/mol. The van der Waals surface area contributed by atoms with E-state index in [4.69, 9.17) is 37.8 Å². The summed E-state index contributed by atoms with van der Waals surface area (Å²) in [6.07, 6.45) is 8.70. The predicted octanol–water partition coefficient (Wildman–Crippen LogP) is 7.91. The van der Waals surface area contributed by atoms with Gasteiger partial charge in [-0.05, 0) is 74.3 Å². The summed E-state index contributed by atoms with van der Waals surface area (Å²) < 4.78 is 11.7. The van der Waals surface area contributed by atoms with Gasteiger partial charge >= 0.3 is 0 Å². The van der Waals surface area contributed by atoms with Crippen molar-refractivity contribution in [3.8, 4) is 16.9 Å². The Morgan fingerprint density at radius 1 is 1.05 bits per heavy atom. The Bertz CT molecular complexity index is 1170. The number of unbranched alkanes of at least 4 members (excludes halogenated alkanes) is 1. The Kier molecular flexibility index (Phi) is 15.6. The number of fused-ring (bicyclic) bond motifs is 1. The molecule has 1 saturated heterocycles. The molecule has 8 heteroatoms. The third-order valence-electron chi connectivity index (χ3n) is 6.74. The van der Waals surface area contributed by atoms with Crippen molar-refractivity contribution in [2.45, 2.75) is 46.5 Å². The zero-order valence-electron chi connectivity index (χ0n) is 24.8. The molecule has 2 aromatic carbocycles. The van der Waals surface area contributed by atoms with E-state index in [-0.39, 0.29) is 5.91 Å². The van der Waals surface area contributed by atoms with Crippen LogP contribution < -0.4 is 4.74 Å². The van der Waals surface area contributed by atoms with Gasteiger partial charge in [-0.2, -0.15) is 0 Å². The Balaban J connectivity index is 0.000000902. The van der Waals surface area contributed by atoms with E-state index >= 15 is 0 Å². The number of hydrogen-bond acceptors (Lipinski definition) is 5. The summed E-state index contributed by atoms with van der Waals surface area (Å²) in [7, 11) is 1.00. The van der Waals surface area contributed by atoms with Gasteiger partial charge in [0.25, 0.3) is 5.91 Å². The van der Waals surface area contributed by atoms with Gasteiger partial charge in [-0.3, -0.25) is 9.69 Å². The van der Waals surface area contributed by atoms with Crippen molar-refractivity contribution in [2.24, 2.45) is 0 Å². The van der Waals surface area contributed by atoms with Gasteiger partial charge in [0.1, 0.15) is 24.7 Å². The van der Waals surface area contributed by atoms with Crippen LogP contribution in [-0.2, 0) is 4.74 Å². The number of halogens is 2. The zero-order chi connectivity index (χ0) is 30.2. The number of nitrogens with zero attached hydrogens (tertiary/aromatic N) is 2. The highest BCUT2D eigenvalue weighted by molar-refractivity contribution is 6.32. The number of carbonyl (C=O) groups is 1. The van der Waals surface area contributed by atoms with Crippen LogP contribution in [0.15, 0.2) is 77.7 Å². The molecule has 41 heavy (non-hydrogen) atoms. The van der Waals surface area contributed by atoms with Crippen LogP contribution in [0.5, 0.6) is 5.75 Å². The molecule has 4 rings (SSSR count). The second-order valence-corrected chi connectivity index (χ2v) is 10.4.